The van der Waals surface area contributed by atoms with Crippen LogP contribution in [0.4, 0.5) is 0 Å². The van der Waals surface area contributed by atoms with E-state index in [4.69, 9.17) is 11.6 Å². The van der Waals surface area contributed by atoms with Crippen molar-refractivity contribution >= 4 is 23.5 Å². The van der Waals surface area contributed by atoms with E-state index in [1.807, 2.05) is 51.1 Å². The molecule has 15 heavy (non-hydrogen) atoms. The molecule has 0 saturated heterocycles. The first-order valence-corrected chi connectivity index (χ1v) is 5.26. The number of ketones is 1. The Balaban J connectivity index is 2.91. The fraction of sp³-hybridized carbons (Fsp3) is 0.308. The second kappa shape index (κ2) is 4.63. The van der Waals surface area contributed by atoms with Crippen LogP contribution in [0.3, 0.4) is 0 Å². The van der Waals surface area contributed by atoms with Crippen LogP contribution in [0.2, 0.25) is 0 Å². The Morgan fingerprint density at radius 3 is 2.20 bits per heavy atom. The zero-order valence-corrected chi connectivity index (χ0v) is 10.0. The molecular formula is C13H15ClO. The fourth-order valence-electron chi connectivity index (χ4n) is 1.12. The van der Waals surface area contributed by atoms with E-state index in [-0.39, 0.29) is 10.8 Å². The van der Waals surface area contributed by atoms with Crippen molar-refractivity contribution in [2.24, 2.45) is 5.41 Å². The SMILES string of the molecule is CC(C)(C)C(=O)/C(Cl)=C/c1ccccc1. The van der Waals surface area contributed by atoms with E-state index < -0.39 is 5.41 Å². The monoisotopic (exact) mass is 222 g/mol. The van der Waals surface area contributed by atoms with Crippen molar-refractivity contribution in [1.82, 2.24) is 0 Å². The van der Waals surface area contributed by atoms with Crippen molar-refractivity contribution in [1.29, 1.82) is 0 Å². The molecule has 0 fully saturated rings. The van der Waals surface area contributed by atoms with Gasteiger partial charge in [-0.25, -0.2) is 0 Å². The third kappa shape index (κ3) is 3.52. The highest BCUT2D eigenvalue weighted by atomic mass is 35.5. The summed E-state index contributed by atoms with van der Waals surface area (Å²) in [5.74, 6) is -0.0342. The molecule has 0 radical (unpaired) electrons. The molecule has 0 aliphatic carbocycles. The Morgan fingerprint density at radius 1 is 1.20 bits per heavy atom. The molecule has 1 aromatic rings. The maximum Gasteiger partial charge on any atom is 0.179 e. The number of carbonyl (C=O) groups is 1. The number of allylic oxidation sites excluding steroid dienone is 1. The summed E-state index contributed by atoms with van der Waals surface area (Å²) >= 11 is 5.96. The van der Waals surface area contributed by atoms with E-state index in [9.17, 15) is 4.79 Å². The Bertz CT molecular complexity index is 371. The molecule has 0 saturated carbocycles. The molecule has 0 aliphatic heterocycles. The standard InChI is InChI=1S/C13H15ClO/c1-13(2,3)12(15)11(14)9-10-7-5-4-6-8-10/h4-9H,1-3H3/b11-9-. The maximum atomic E-state index is 11.8. The molecule has 1 nitrogen and oxygen atoms in total. The molecule has 2 heteroatoms. The van der Waals surface area contributed by atoms with Crippen LogP contribution < -0.4 is 0 Å². The van der Waals surface area contributed by atoms with Crippen molar-refractivity contribution in [3.8, 4) is 0 Å². The van der Waals surface area contributed by atoms with Crippen LogP contribution in [-0.4, -0.2) is 5.78 Å². The molecule has 0 aliphatic rings. The van der Waals surface area contributed by atoms with E-state index in [2.05, 4.69) is 0 Å². The summed E-state index contributed by atoms with van der Waals surface area (Å²) in [5, 5.41) is 0.286. The average molecular weight is 223 g/mol. The normalized spacial score (nSPS) is 12.7. The van der Waals surface area contributed by atoms with E-state index in [1.165, 1.54) is 0 Å². The first-order valence-electron chi connectivity index (χ1n) is 4.88. The molecule has 0 spiro atoms. The minimum absolute atomic E-state index is 0.0342. The Labute approximate surface area is 95.8 Å². The number of hydrogen-bond acceptors (Lipinski definition) is 1. The third-order valence-electron chi connectivity index (χ3n) is 1.99. The lowest BCUT2D eigenvalue weighted by molar-refractivity contribution is -0.121. The van der Waals surface area contributed by atoms with Gasteiger partial charge in [-0.15, -0.1) is 0 Å². The summed E-state index contributed by atoms with van der Waals surface area (Å²) in [6.07, 6.45) is 1.70. The van der Waals surface area contributed by atoms with Gasteiger partial charge in [0.15, 0.2) is 5.78 Å². The van der Waals surface area contributed by atoms with Crippen molar-refractivity contribution < 1.29 is 4.79 Å². The highest BCUT2D eigenvalue weighted by Crippen LogP contribution is 2.23. The topological polar surface area (TPSA) is 17.1 Å². The largest absolute Gasteiger partial charge is 0.293 e. The van der Waals surface area contributed by atoms with Gasteiger partial charge in [0, 0.05) is 5.41 Å². The van der Waals surface area contributed by atoms with Gasteiger partial charge >= 0.3 is 0 Å². The second-order valence-corrected chi connectivity index (χ2v) is 4.89. The van der Waals surface area contributed by atoms with Crippen LogP contribution in [0.1, 0.15) is 26.3 Å². The first kappa shape index (κ1) is 12.0. The van der Waals surface area contributed by atoms with Crippen molar-refractivity contribution in [3.05, 3.63) is 40.9 Å². The molecular weight excluding hydrogens is 208 g/mol. The second-order valence-electron chi connectivity index (χ2n) is 4.48. The Morgan fingerprint density at radius 2 is 1.73 bits per heavy atom. The molecule has 80 valence electrons. The minimum atomic E-state index is -0.428. The number of carbonyl (C=O) groups excluding carboxylic acids is 1. The van der Waals surface area contributed by atoms with Crippen LogP contribution in [0, 0.1) is 5.41 Å². The van der Waals surface area contributed by atoms with E-state index in [0.29, 0.717) is 0 Å². The number of hydrogen-bond donors (Lipinski definition) is 0. The summed E-state index contributed by atoms with van der Waals surface area (Å²) in [7, 11) is 0. The minimum Gasteiger partial charge on any atom is -0.293 e. The molecule has 0 heterocycles. The van der Waals surface area contributed by atoms with Crippen LogP contribution in [-0.2, 0) is 4.79 Å². The highest BCUT2D eigenvalue weighted by Gasteiger charge is 2.23. The lowest BCUT2D eigenvalue weighted by Gasteiger charge is -2.15. The van der Waals surface area contributed by atoms with Crippen LogP contribution in [0.15, 0.2) is 35.4 Å². The zero-order chi connectivity index (χ0) is 11.5. The average Bonchev–Trinajstić information content (AvgIpc) is 2.16. The molecule has 0 atom stereocenters. The number of Topliss-reactive ketones (excluding diaryl/α,β-unsaturated/α-hetero) is 1. The maximum absolute atomic E-state index is 11.8. The Kier molecular flexibility index (Phi) is 3.70. The van der Waals surface area contributed by atoms with Crippen molar-refractivity contribution in [3.63, 3.8) is 0 Å². The molecule has 0 aromatic heterocycles. The van der Waals surface area contributed by atoms with Crippen molar-refractivity contribution in [2.75, 3.05) is 0 Å². The van der Waals surface area contributed by atoms with Gasteiger partial charge in [0.05, 0.1) is 5.03 Å². The predicted molar refractivity (Wildman–Crippen MR) is 64.7 cm³/mol. The summed E-state index contributed by atoms with van der Waals surface area (Å²) in [6.45, 7) is 5.57. The number of rotatable bonds is 2. The van der Waals surface area contributed by atoms with Gasteiger partial charge in [0.25, 0.3) is 0 Å². The van der Waals surface area contributed by atoms with Gasteiger partial charge in [-0.05, 0) is 11.6 Å². The van der Waals surface area contributed by atoms with E-state index in [0.717, 1.165) is 5.56 Å². The van der Waals surface area contributed by atoms with E-state index in [1.54, 1.807) is 6.08 Å². The molecule has 1 rings (SSSR count). The molecule has 0 unspecified atom stereocenters. The predicted octanol–water partition coefficient (Wildman–Crippen LogP) is 3.88. The number of benzene rings is 1. The fourth-order valence-corrected chi connectivity index (χ4v) is 1.53. The molecule has 0 N–H and O–H groups in total. The van der Waals surface area contributed by atoms with Crippen LogP contribution in [0.25, 0.3) is 6.08 Å². The highest BCUT2D eigenvalue weighted by molar-refractivity contribution is 6.45. The quantitative estimate of drug-likeness (QED) is 0.694. The first-order chi connectivity index (χ1) is 6.91. The van der Waals surface area contributed by atoms with Crippen molar-refractivity contribution in [2.45, 2.75) is 20.8 Å². The lowest BCUT2D eigenvalue weighted by Crippen LogP contribution is -2.19. The van der Waals surface area contributed by atoms with E-state index >= 15 is 0 Å². The summed E-state index contributed by atoms with van der Waals surface area (Å²) in [4.78, 5) is 11.8. The van der Waals surface area contributed by atoms with Crippen LogP contribution >= 0.6 is 11.6 Å². The van der Waals surface area contributed by atoms with Gasteiger partial charge < -0.3 is 0 Å². The van der Waals surface area contributed by atoms with Crippen LogP contribution in [0.5, 0.6) is 0 Å². The summed E-state index contributed by atoms with van der Waals surface area (Å²) in [5.41, 5.74) is 0.516. The smallest absolute Gasteiger partial charge is 0.179 e. The number of halogens is 1. The van der Waals surface area contributed by atoms with Gasteiger partial charge in [-0.2, -0.15) is 0 Å². The van der Waals surface area contributed by atoms with Gasteiger partial charge in [0.1, 0.15) is 0 Å². The summed E-state index contributed by atoms with van der Waals surface area (Å²) in [6, 6.07) is 9.59. The summed E-state index contributed by atoms with van der Waals surface area (Å²) < 4.78 is 0. The lowest BCUT2D eigenvalue weighted by atomic mass is 9.90. The Hall–Kier alpha value is -1.08. The van der Waals surface area contributed by atoms with Gasteiger partial charge in [-0.1, -0.05) is 62.7 Å². The zero-order valence-electron chi connectivity index (χ0n) is 9.25. The molecule has 0 amide bonds. The third-order valence-corrected chi connectivity index (χ3v) is 2.27. The molecule has 0 bridgehead atoms. The van der Waals surface area contributed by atoms with Gasteiger partial charge in [-0.3, -0.25) is 4.79 Å². The van der Waals surface area contributed by atoms with Gasteiger partial charge in [0.2, 0.25) is 0 Å². The molecule has 1 aromatic carbocycles.